The van der Waals surface area contributed by atoms with Gasteiger partial charge >= 0.3 is 0 Å². The van der Waals surface area contributed by atoms with E-state index in [2.05, 4.69) is 24.1 Å². The second-order valence-electron chi connectivity index (χ2n) is 5.70. The van der Waals surface area contributed by atoms with Gasteiger partial charge in [-0.15, -0.1) is 0 Å². The molecule has 20 heavy (non-hydrogen) atoms. The van der Waals surface area contributed by atoms with Gasteiger partial charge in [0.05, 0.1) is 11.3 Å². The lowest BCUT2D eigenvalue weighted by atomic mass is 10.1. The number of para-hydroxylation sites is 1. The number of carbonyl (C=O) groups excluding carboxylic acids is 1. The highest BCUT2D eigenvalue weighted by Crippen LogP contribution is 2.24. The molecule has 1 aromatic carbocycles. The smallest absolute Gasteiger partial charge is 0.255 e. The third kappa shape index (κ3) is 3.22. The number of hydrogen-bond donors (Lipinski definition) is 3. The lowest BCUT2D eigenvalue weighted by Crippen LogP contribution is -2.33. The molecule has 2 rings (SSSR count). The summed E-state index contributed by atoms with van der Waals surface area (Å²) in [5, 5.41) is 12.7. The number of phenolic OH excluding ortho intramolecular Hbond substituents is 1. The minimum Gasteiger partial charge on any atom is -0.505 e. The van der Waals surface area contributed by atoms with Crippen molar-refractivity contribution in [2.75, 3.05) is 25.4 Å². The molecule has 1 aliphatic rings. The van der Waals surface area contributed by atoms with Crippen molar-refractivity contribution in [1.82, 2.24) is 10.2 Å². The van der Waals surface area contributed by atoms with E-state index in [0.717, 1.165) is 19.5 Å². The van der Waals surface area contributed by atoms with E-state index in [1.165, 1.54) is 0 Å². The van der Waals surface area contributed by atoms with Gasteiger partial charge in [0, 0.05) is 19.1 Å². The maximum absolute atomic E-state index is 12.0. The molecule has 1 fully saturated rings. The number of hydrogen-bond acceptors (Lipinski definition) is 4. The number of likely N-dealkylation sites (tertiary alicyclic amines) is 1. The lowest BCUT2D eigenvalue weighted by Gasteiger charge is -2.20. The lowest BCUT2D eigenvalue weighted by molar-refractivity contribution is 0.0944. The Morgan fingerprint density at radius 3 is 2.95 bits per heavy atom. The number of rotatable bonds is 4. The maximum Gasteiger partial charge on any atom is 0.255 e. The van der Waals surface area contributed by atoms with Crippen molar-refractivity contribution in [2.24, 2.45) is 5.92 Å². The van der Waals surface area contributed by atoms with E-state index in [1.54, 1.807) is 18.2 Å². The van der Waals surface area contributed by atoms with E-state index in [4.69, 9.17) is 5.73 Å². The fourth-order valence-electron chi connectivity index (χ4n) is 2.58. The molecule has 110 valence electrons. The number of nitrogens with one attached hydrogen (secondary N) is 1. The molecule has 0 spiro atoms. The summed E-state index contributed by atoms with van der Waals surface area (Å²) in [5.74, 6) is 0.0718. The van der Waals surface area contributed by atoms with Gasteiger partial charge in [-0.25, -0.2) is 0 Å². The highest BCUT2D eigenvalue weighted by Gasteiger charge is 2.24. The van der Waals surface area contributed by atoms with E-state index >= 15 is 0 Å². The molecule has 1 heterocycles. The first kappa shape index (κ1) is 14.7. The molecule has 0 bridgehead atoms. The number of aromatic hydroxyl groups is 1. The van der Waals surface area contributed by atoms with Gasteiger partial charge in [-0.3, -0.25) is 4.79 Å². The van der Waals surface area contributed by atoms with Gasteiger partial charge in [0.15, 0.2) is 5.75 Å². The van der Waals surface area contributed by atoms with Crippen LogP contribution in [0.5, 0.6) is 5.75 Å². The zero-order valence-corrected chi connectivity index (χ0v) is 12.1. The van der Waals surface area contributed by atoms with E-state index in [9.17, 15) is 9.90 Å². The molecule has 1 aliphatic heterocycles. The Balaban J connectivity index is 1.89. The highest BCUT2D eigenvalue weighted by molar-refractivity contribution is 5.98. The normalized spacial score (nSPS) is 19.4. The third-order valence-corrected chi connectivity index (χ3v) is 3.91. The molecule has 0 radical (unpaired) electrons. The molecule has 1 saturated heterocycles. The molecule has 1 atom stereocenters. The number of benzene rings is 1. The number of anilines is 1. The van der Waals surface area contributed by atoms with Crippen molar-refractivity contribution >= 4 is 11.6 Å². The Hall–Kier alpha value is -1.75. The average molecular weight is 277 g/mol. The van der Waals surface area contributed by atoms with Gasteiger partial charge in [-0.1, -0.05) is 6.07 Å². The summed E-state index contributed by atoms with van der Waals surface area (Å²) in [5.41, 5.74) is 6.06. The van der Waals surface area contributed by atoms with Crippen molar-refractivity contribution < 1.29 is 9.90 Å². The Morgan fingerprint density at radius 1 is 1.55 bits per heavy atom. The fraction of sp³-hybridized carbons (Fsp3) is 0.533. The average Bonchev–Trinajstić information content (AvgIpc) is 2.88. The molecule has 0 aromatic heterocycles. The van der Waals surface area contributed by atoms with Crippen LogP contribution < -0.4 is 11.1 Å². The van der Waals surface area contributed by atoms with Crippen molar-refractivity contribution in [3.8, 4) is 5.75 Å². The van der Waals surface area contributed by atoms with Crippen LogP contribution in [-0.2, 0) is 0 Å². The van der Waals surface area contributed by atoms with Gasteiger partial charge in [-0.2, -0.15) is 0 Å². The van der Waals surface area contributed by atoms with Crippen LogP contribution in [-0.4, -0.2) is 41.6 Å². The predicted octanol–water partition coefficient (Wildman–Crippen LogP) is 1.43. The molecule has 1 unspecified atom stereocenters. The number of phenols is 1. The number of carbonyl (C=O) groups is 1. The van der Waals surface area contributed by atoms with Crippen molar-refractivity contribution in [1.29, 1.82) is 0 Å². The summed E-state index contributed by atoms with van der Waals surface area (Å²) in [6.07, 6.45) is 1.10. The topological polar surface area (TPSA) is 78.6 Å². The van der Waals surface area contributed by atoms with Crippen LogP contribution in [0, 0.1) is 5.92 Å². The SMILES string of the molecule is CC(C)N1CCC(CNC(=O)c2cccc(N)c2O)C1. The molecule has 1 aromatic rings. The second-order valence-corrected chi connectivity index (χ2v) is 5.70. The third-order valence-electron chi connectivity index (χ3n) is 3.91. The predicted molar refractivity (Wildman–Crippen MR) is 79.7 cm³/mol. The van der Waals surface area contributed by atoms with Crippen LogP contribution in [0.2, 0.25) is 0 Å². The van der Waals surface area contributed by atoms with Crippen molar-refractivity contribution in [3.63, 3.8) is 0 Å². The van der Waals surface area contributed by atoms with E-state index in [1.807, 2.05) is 0 Å². The van der Waals surface area contributed by atoms with Crippen molar-refractivity contribution in [2.45, 2.75) is 26.3 Å². The first-order valence-corrected chi connectivity index (χ1v) is 7.08. The summed E-state index contributed by atoms with van der Waals surface area (Å²) in [4.78, 5) is 14.5. The van der Waals surface area contributed by atoms with Crippen LogP contribution in [0.25, 0.3) is 0 Å². The first-order chi connectivity index (χ1) is 9.49. The Morgan fingerprint density at radius 2 is 2.30 bits per heavy atom. The van der Waals surface area contributed by atoms with Gasteiger partial charge in [0.25, 0.3) is 5.91 Å². The molecule has 1 amide bonds. The van der Waals surface area contributed by atoms with Gasteiger partial charge in [0.1, 0.15) is 0 Å². The van der Waals surface area contributed by atoms with Crippen LogP contribution in [0.1, 0.15) is 30.6 Å². The molecule has 0 saturated carbocycles. The quantitative estimate of drug-likeness (QED) is 0.575. The molecular weight excluding hydrogens is 254 g/mol. The zero-order valence-electron chi connectivity index (χ0n) is 12.1. The molecule has 5 nitrogen and oxygen atoms in total. The molecular formula is C15H23N3O2. The largest absolute Gasteiger partial charge is 0.505 e. The Labute approximate surface area is 119 Å². The molecule has 0 aliphatic carbocycles. The monoisotopic (exact) mass is 277 g/mol. The van der Waals surface area contributed by atoms with Gasteiger partial charge in [0.2, 0.25) is 0 Å². The summed E-state index contributed by atoms with van der Waals surface area (Å²) >= 11 is 0. The Kier molecular flexibility index (Phi) is 4.49. The first-order valence-electron chi connectivity index (χ1n) is 7.08. The second kappa shape index (κ2) is 6.13. The Bertz CT molecular complexity index is 488. The van der Waals surface area contributed by atoms with Gasteiger partial charge in [-0.05, 0) is 44.9 Å². The zero-order chi connectivity index (χ0) is 14.7. The fourth-order valence-corrected chi connectivity index (χ4v) is 2.58. The summed E-state index contributed by atoms with van der Waals surface area (Å²) in [7, 11) is 0. The van der Waals surface area contributed by atoms with E-state index < -0.39 is 0 Å². The molecule has 4 N–H and O–H groups in total. The summed E-state index contributed by atoms with van der Waals surface area (Å²) < 4.78 is 0. The molecule has 5 heteroatoms. The van der Waals surface area contributed by atoms with Crippen LogP contribution in [0.4, 0.5) is 5.69 Å². The van der Waals surface area contributed by atoms with Gasteiger partial charge < -0.3 is 21.1 Å². The van der Waals surface area contributed by atoms with Crippen LogP contribution >= 0.6 is 0 Å². The van der Waals surface area contributed by atoms with Crippen LogP contribution in [0.15, 0.2) is 18.2 Å². The van der Waals surface area contributed by atoms with Crippen LogP contribution in [0.3, 0.4) is 0 Å². The highest BCUT2D eigenvalue weighted by atomic mass is 16.3. The van der Waals surface area contributed by atoms with E-state index in [0.29, 0.717) is 18.5 Å². The minimum atomic E-state index is -0.266. The minimum absolute atomic E-state index is 0.139. The van der Waals surface area contributed by atoms with E-state index in [-0.39, 0.29) is 22.9 Å². The van der Waals surface area contributed by atoms with Crippen molar-refractivity contribution in [3.05, 3.63) is 23.8 Å². The number of nitrogens with two attached hydrogens (primary N) is 1. The summed E-state index contributed by atoms with van der Waals surface area (Å²) in [6.45, 7) is 7.11. The standard InChI is InChI=1S/C15H23N3O2/c1-10(2)18-7-6-11(9-18)8-17-15(20)12-4-3-5-13(16)14(12)19/h3-5,10-11,19H,6-9,16H2,1-2H3,(H,17,20). The number of nitrogen functional groups attached to an aromatic ring is 1. The number of nitrogens with zero attached hydrogens (tertiary/aromatic N) is 1. The summed E-state index contributed by atoms with van der Waals surface area (Å²) in [6, 6.07) is 5.37. The maximum atomic E-state index is 12.0. The number of amides is 1.